The molecule has 84 valence electrons. The second kappa shape index (κ2) is 5.40. The maximum absolute atomic E-state index is 5.69. The van der Waals surface area contributed by atoms with Crippen molar-refractivity contribution >= 4 is 15.9 Å². The lowest BCUT2D eigenvalue weighted by Crippen LogP contribution is -2.22. The molecule has 0 aliphatic heterocycles. The van der Waals surface area contributed by atoms with Crippen LogP contribution in [0.1, 0.15) is 13.8 Å². The number of methoxy groups -OCH3 is 1. The third-order valence-corrected chi connectivity index (χ3v) is 3.55. The highest BCUT2D eigenvalue weighted by Gasteiger charge is 2.16. The molecule has 2 nitrogen and oxygen atoms in total. The molecule has 0 aliphatic carbocycles. The molecule has 1 aromatic carbocycles. The number of hydrogen-bond acceptors (Lipinski definition) is 2. The number of benzene rings is 1. The van der Waals surface area contributed by atoms with Gasteiger partial charge in [0.2, 0.25) is 0 Å². The zero-order chi connectivity index (χ0) is 11.3. The monoisotopic (exact) mass is 272 g/mol. The summed E-state index contributed by atoms with van der Waals surface area (Å²) < 4.78 is 10.8. The summed E-state index contributed by atoms with van der Waals surface area (Å²) >= 11 is 3.47. The summed E-state index contributed by atoms with van der Waals surface area (Å²) in [6, 6.07) is 7.66. The summed E-state index contributed by atoms with van der Waals surface area (Å²) in [6.45, 7) is 5.00. The second-order valence-electron chi connectivity index (χ2n) is 4.27. The van der Waals surface area contributed by atoms with Crippen molar-refractivity contribution in [3.63, 3.8) is 0 Å². The standard InChI is InChI=1S/C12H17BrO2/c1-12(2,8-13)9-15-11-6-4-5-10(7-11)14-3/h4-7H,8-9H2,1-3H3. The molecule has 0 saturated heterocycles. The molecule has 0 aromatic heterocycles. The lowest BCUT2D eigenvalue weighted by atomic mass is 9.98. The Morgan fingerprint density at radius 2 is 1.93 bits per heavy atom. The van der Waals surface area contributed by atoms with E-state index in [0.717, 1.165) is 16.8 Å². The van der Waals surface area contributed by atoms with Crippen LogP contribution in [0.5, 0.6) is 11.5 Å². The molecule has 0 N–H and O–H groups in total. The molecule has 0 heterocycles. The van der Waals surface area contributed by atoms with Crippen molar-refractivity contribution in [1.82, 2.24) is 0 Å². The number of ether oxygens (including phenoxy) is 2. The Morgan fingerprint density at radius 3 is 2.53 bits per heavy atom. The van der Waals surface area contributed by atoms with Gasteiger partial charge in [-0.15, -0.1) is 0 Å². The lowest BCUT2D eigenvalue weighted by molar-refractivity contribution is 0.202. The molecule has 0 amide bonds. The fourth-order valence-corrected chi connectivity index (χ4v) is 1.17. The average Bonchev–Trinajstić information content (AvgIpc) is 2.27. The van der Waals surface area contributed by atoms with Gasteiger partial charge in [-0.05, 0) is 12.1 Å². The lowest BCUT2D eigenvalue weighted by Gasteiger charge is -2.21. The Hall–Kier alpha value is -0.700. The molecule has 0 atom stereocenters. The van der Waals surface area contributed by atoms with Gasteiger partial charge in [0, 0.05) is 16.8 Å². The quantitative estimate of drug-likeness (QED) is 0.764. The van der Waals surface area contributed by atoms with Crippen molar-refractivity contribution in [2.24, 2.45) is 5.41 Å². The van der Waals surface area contributed by atoms with Crippen LogP contribution in [0.2, 0.25) is 0 Å². The number of rotatable bonds is 5. The van der Waals surface area contributed by atoms with E-state index in [9.17, 15) is 0 Å². The van der Waals surface area contributed by atoms with E-state index in [4.69, 9.17) is 9.47 Å². The number of alkyl halides is 1. The van der Waals surface area contributed by atoms with Gasteiger partial charge in [0.25, 0.3) is 0 Å². The van der Waals surface area contributed by atoms with Crippen molar-refractivity contribution in [2.75, 3.05) is 19.0 Å². The Bertz CT molecular complexity index is 310. The normalized spacial score (nSPS) is 11.2. The zero-order valence-corrected chi connectivity index (χ0v) is 11.0. The van der Waals surface area contributed by atoms with Gasteiger partial charge in [-0.3, -0.25) is 0 Å². The van der Waals surface area contributed by atoms with E-state index in [2.05, 4.69) is 29.8 Å². The molecular weight excluding hydrogens is 256 g/mol. The third-order valence-electron chi connectivity index (χ3n) is 2.03. The van der Waals surface area contributed by atoms with Crippen molar-refractivity contribution in [3.05, 3.63) is 24.3 Å². The molecule has 1 rings (SSSR count). The fourth-order valence-electron chi connectivity index (χ4n) is 1.01. The van der Waals surface area contributed by atoms with Crippen LogP contribution in [0.3, 0.4) is 0 Å². The Kier molecular flexibility index (Phi) is 4.45. The topological polar surface area (TPSA) is 18.5 Å². The SMILES string of the molecule is COc1cccc(OCC(C)(C)CBr)c1. The van der Waals surface area contributed by atoms with Gasteiger partial charge in [0.15, 0.2) is 0 Å². The minimum atomic E-state index is 0.142. The first-order chi connectivity index (χ1) is 7.07. The van der Waals surface area contributed by atoms with Crippen LogP contribution >= 0.6 is 15.9 Å². The van der Waals surface area contributed by atoms with Gasteiger partial charge in [0.1, 0.15) is 11.5 Å². The van der Waals surface area contributed by atoms with Gasteiger partial charge in [-0.1, -0.05) is 35.8 Å². The first-order valence-electron chi connectivity index (χ1n) is 4.90. The molecule has 1 aromatic rings. The van der Waals surface area contributed by atoms with E-state index in [-0.39, 0.29) is 5.41 Å². The van der Waals surface area contributed by atoms with Crippen LogP contribution in [0.4, 0.5) is 0 Å². The highest BCUT2D eigenvalue weighted by Crippen LogP contribution is 2.23. The van der Waals surface area contributed by atoms with Crippen LogP contribution in [0.15, 0.2) is 24.3 Å². The van der Waals surface area contributed by atoms with Gasteiger partial charge < -0.3 is 9.47 Å². The molecular formula is C12H17BrO2. The summed E-state index contributed by atoms with van der Waals surface area (Å²) in [4.78, 5) is 0. The van der Waals surface area contributed by atoms with Crippen molar-refractivity contribution < 1.29 is 9.47 Å². The van der Waals surface area contributed by atoms with Gasteiger partial charge in [-0.25, -0.2) is 0 Å². The number of halogens is 1. The van der Waals surface area contributed by atoms with Crippen molar-refractivity contribution in [2.45, 2.75) is 13.8 Å². The van der Waals surface area contributed by atoms with E-state index in [0.29, 0.717) is 6.61 Å². The van der Waals surface area contributed by atoms with Gasteiger partial charge in [-0.2, -0.15) is 0 Å². The summed E-state index contributed by atoms with van der Waals surface area (Å²) in [5, 5.41) is 0.921. The van der Waals surface area contributed by atoms with Crippen LogP contribution in [0, 0.1) is 5.41 Å². The largest absolute Gasteiger partial charge is 0.497 e. The van der Waals surface area contributed by atoms with E-state index >= 15 is 0 Å². The van der Waals surface area contributed by atoms with Crippen molar-refractivity contribution in [1.29, 1.82) is 0 Å². The second-order valence-corrected chi connectivity index (χ2v) is 4.83. The molecule has 15 heavy (non-hydrogen) atoms. The smallest absolute Gasteiger partial charge is 0.123 e. The minimum Gasteiger partial charge on any atom is -0.497 e. The van der Waals surface area contributed by atoms with E-state index in [1.807, 2.05) is 24.3 Å². The molecule has 0 radical (unpaired) electrons. The summed E-state index contributed by atoms with van der Waals surface area (Å²) in [6.07, 6.45) is 0. The first kappa shape index (κ1) is 12.4. The van der Waals surface area contributed by atoms with Crippen LogP contribution in [-0.2, 0) is 0 Å². The van der Waals surface area contributed by atoms with E-state index in [1.165, 1.54) is 0 Å². The Balaban J connectivity index is 2.57. The molecule has 0 fully saturated rings. The molecule has 0 spiro atoms. The number of hydrogen-bond donors (Lipinski definition) is 0. The van der Waals surface area contributed by atoms with Crippen LogP contribution < -0.4 is 9.47 Å². The maximum Gasteiger partial charge on any atom is 0.123 e. The van der Waals surface area contributed by atoms with Crippen molar-refractivity contribution in [3.8, 4) is 11.5 Å². The van der Waals surface area contributed by atoms with E-state index in [1.54, 1.807) is 7.11 Å². The Labute approximate surface area is 99.7 Å². The fraction of sp³-hybridized carbons (Fsp3) is 0.500. The van der Waals surface area contributed by atoms with Gasteiger partial charge in [0.05, 0.1) is 13.7 Å². The minimum absolute atomic E-state index is 0.142. The molecule has 3 heteroatoms. The first-order valence-corrected chi connectivity index (χ1v) is 6.02. The van der Waals surface area contributed by atoms with E-state index < -0.39 is 0 Å². The summed E-state index contributed by atoms with van der Waals surface area (Å²) in [5.41, 5.74) is 0.142. The maximum atomic E-state index is 5.69. The highest BCUT2D eigenvalue weighted by molar-refractivity contribution is 9.09. The summed E-state index contributed by atoms with van der Waals surface area (Å²) in [5.74, 6) is 1.67. The highest BCUT2D eigenvalue weighted by atomic mass is 79.9. The van der Waals surface area contributed by atoms with Gasteiger partial charge >= 0.3 is 0 Å². The van der Waals surface area contributed by atoms with Crippen LogP contribution in [-0.4, -0.2) is 19.0 Å². The third kappa shape index (κ3) is 4.12. The molecule has 0 bridgehead atoms. The average molecular weight is 273 g/mol. The van der Waals surface area contributed by atoms with Crippen LogP contribution in [0.25, 0.3) is 0 Å². The molecule has 0 unspecified atom stereocenters. The molecule has 0 saturated carbocycles. The predicted octanol–water partition coefficient (Wildman–Crippen LogP) is 3.50. The summed E-state index contributed by atoms with van der Waals surface area (Å²) in [7, 11) is 1.65. The zero-order valence-electron chi connectivity index (χ0n) is 9.42. The predicted molar refractivity (Wildman–Crippen MR) is 66.1 cm³/mol. The Morgan fingerprint density at radius 1 is 1.27 bits per heavy atom. The molecule has 0 aliphatic rings.